The fourth-order valence-electron chi connectivity index (χ4n) is 4.39. The molecule has 4 aromatic rings. The highest BCUT2D eigenvalue weighted by atomic mass is 16.5. The average Bonchev–Trinajstić information content (AvgIpc) is 3.67. The van der Waals surface area contributed by atoms with E-state index in [-0.39, 0.29) is 24.5 Å². The van der Waals surface area contributed by atoms with Gasteiger partial charge in [0.1, 0.15) is 11.6 Å². The van der Waals surface area contributed by atoms with Gasteiger partial charge >= 0.3 is 0 Å². The van der Waals surface area contributed by atoms with Crippen LogP contribution in [0.15, 0.2) is 36.8 Å². The van der Waals surface area contributed by atoms with E-state index in [1.165, 1.54) is 0 Å². The van der Waals surface area contributed by atoms with Gasteiger partial charge in [-0.25, -0.2) is 19.5 Å². The number of anilines is 3. The second-order valence-corrected chi connectivity index (χ2v) is 8.90. The van der Waals surface area contributed by atoms with Crippen LogP contribution in [0.4, 0.5) is 17.3 Å². The Morgan fingerprint density at radius 3 is 2.91 bits per heavy atom. The molecule has 5 heterocycles. The number of carbonyl (C=O) groups excluding carboxylic acids is 1. The second kappa shape index (κ2) is 8.75. The quantitative estimate of drug-likeness (QED) is 0.384. The standard InChI is InChI=1S/C24H26N8O3/c1-25-22-18-9-26-20(28-24(34)14-2-3-14)8-17(18)19(10-27-22)23-29-21-5-4-15(11-32(21)30-23)31-6-7-35-16(12-31)13-33/h4-5,8-11,14,16,33H,2-3,6-7,12-13H2,1H3,(H,25,27)(H,26,28,34)/t16-/m0/s1. The molecule has 0 bridgehead atoms. The molecule has 11 heteroatoms. The number of aliphatic hydroxyl groups excluding tert-OH is 1. The lowest BCUT2D eigenvalue weighted by molar-refractivity contribution is -0.117. The predicted molar refractivity (Wildman–Crippen MR) is 131 cm³/mol. The molecule has 0 aromatic carbocycles. The van der Waals surface area contributed by atoms with Crippen molar-refractivity contribution in [1.29, 1.82) is 0 Å². The van der Waals surface area contributed by atoms with Crippen LogP contribution in [0.2, 0.25) is 0 Å². The highest BCUT2D eigenvalue weighted by Gasteiger charge is 2.30. The summed E-state index contributed by atoms with van der Waals surface area (Å²) in [5, 5.41) is 21.9. The minimum absolute atomic E-state index is 0.00577. The van der Waals surface area contributed by atoms with Gasteiger partial charge in [0.05, 0.1) is 31.2 Å². The van der Waals surface area contributed by atoms with Crippen LogP contribution in [-0.4, -0.2) is 75.0 Å². The first kappa shape index (κ1) is 21.7. The van der Waals surface area contributed by atoms with Crippen LogP contribution in [0.3, 0.4) is 0 Å². The molecule has 3 N–H and O–H groups in total. The Morgan fingerprint density at radius 2 is 2.11 bits per heavy atom. The van der Waals surface area contributed by atoms with Gasteiger partial charge in [-0.3, -0.25) is 4.79 Å². The molecular formula is C24H26N8O3. The zero-order chi connectivity index (χ0) is 23.9. The van der Waals surface area contributed by atoms with Gasteiger partial charge in [-0.15, -0.1) is 5.10 Å². The van der Waals surface area contributed by atoms with Crippen molar-refractivity contribution < 1.29 is 14.6 Å². The van der Waals surface area contributed by atoms with E-state index in [2.05, 4.69) is 25.5 Å². The number of nitrogens with zero attached hydrogens (tertiary/aromatic N) is 6. The summed E-state index contributed by atoms with van der Waals surface area (Å²) in [5.74, 6) is 1.81. The van der Waals surface area contributed by atoms with E-state index in [1.54, 1.807) is 16.9 Å². The molecule has 2 aliphatic rings. The van der Waals surface area contributed by atoms with E-state index >= 15 is 0 Å². The van der Waals surface area contributed by atoms with E-state index in [4.69, 9.17) is 14.8 Å². The number of amides is 1. The van der Waals surface area contributed by atoms with Crippen molar-refractivity contribution in [2.45, 2.75) is 18.9 Å². The van der Waals surface area contributed by atoms with Crippen LogP contribution in [-0.2, 0) is 9.53 Å². The molecule has 2 fully saturated rings. The molecule has 1 saturated heterocycles. The largest absolute Gasteiger partial charge is 0.394 e. The first-order chi connectivity index (χ1) is 17.1. The maximum Gasteiger partial charge on any atom is 0.228 e. The predicted octanol–water partition coefficient (Wildman–Crippen LogP) is 1.93. The van der Waals surface area contributed by atoms with Crippen LogP contribution in [0.1, 0.15) is 12.8 Å². The molecular weight excluding hydrogens is 448 g/mol. The van der Waals surface area contributed by atoms with Gasteiger partial charge in [0.2, 0.25) is 5.91 Å². The van der Waals surface area contributed by atoms with Crippen molar-refractivity contribution in [2.75, 3.05) is 48.9 Å². The maximum atomic E-state index is 12.3. The van der Waals surface area contributed by atoms with Crippen molar-refractivity contribution in [1.82, 2.24) is 24.6 Å². The summed E-state index contributed by atoms with van der Waals surface area (Å²) in [6.45, 7) is 1.92. The van der Waals surface area contributed by atoms with Gasteiger partial charge in [-0.2, -0.15) is 0 Å². The Hall–Kier alpha value is -3.83. The van der Waals surface area contributed by atoms with E-state index in [0.717, 1.165) is 41.4 Å². The summed E-state index contributed by atoms with van der Waals surface area (Å²) in [7, 11) is 1.81. The van der Waals surface area contributed by atoms with Gasteiger partial charge in [-0.05, 0) is 31.0 Å². The van der Waals surface area contributed by atoms with Crippen molar-refractivity contribution in [3.63, 3.8) is 0 Å². The summed E-state index contributed by atoms with van der Waals surface area (Å²) in [6.07, 6.45) is 7.05. The first-order valence-electron chi connectivity index (χ1n) is 11.7. The lowest BCUT2D eigenvalue weighted by Crippen LogP contribution is -2.44. The number of rotatable bonds is 6. The number of ether oxygens (including phenoxy) is 1. The minimum Gasteiger partial charge on any atom is -0.394 e. The number of aromatic nitrogens is 5. The molecule has 1 atom stereocenters. The maximum absolute atomic E-state index is 12.3. The molecule has 1 saturated carbocycles. The number of pyridine rings is 3. The van der Waals surface area contributed by atoms with Crippen molar-refractivity contribution in [3.05, 3.63) is 36.8 Å². The van der Waals surface area contributed by atoms with Gasteiger partial charge in [0.25, 0.3) is 0 Å². The van der Waals surface area contributed by atoms with E-state index in [9.17, 15) is 9.90 Å². The number of nitrogens with one attached hydrogen (secondary N) is 2. The van der Waals surface area contributed by atoms with E-state index in [0.29, 0.717) is 36.3 Å². The number of hydrogen-bond donors (Lipinski definition) is 3. The van der Waals surface area contributed by atoms with Crippen molar-refractivity contribution in [2.24, 2.45) is 5.92 Å². The number of morpholine rings is 1. The Kier molecular flexibility index (Phi) is 5.42. The second-order valence-electron chi connectivity index (χ2n) is 8.90. The molecule has 0 unspecified atom stereocenters. The van der Waals surface area contributed by atoms with Crippen LogP contribution < -0.4 is 15.5 Å². The summed E-state index contributed by atoms with van der Waals surface area (Å²) >= 11 is 0. The lowest BCUT2D eigenvalue weighted by atomic mass is 10.1. The van der Waals surface area contributed by atoms with Gasteiger partial charge in [-0.1, -0.05) is 0 Å². The lowest BCUT2D eigenvalue weighted by Gasteiger charge is -2.33. The molecule has 35 heavy (non-hydrogen) atoms. The Labute approximate surface area is 201 Å². The number of fused-ring (bicyclic) bond motifs is 2. The summed E-state index contributed by atoms with van der Waals surface area (Å²) < 4.78 is 7.32. The SMILES string of the molecule is CNc1ncc(-c2nc3ccc(N4CCO[C@H](CO)C4)cn3n2)c2cc(NC(=O)C3CC3)ncc12. The molecule has 1 aliphatic carbocycles. The number of carbonyl (C=O) groups is 1. The Bertz CT molecular complexity index is 1420. The number of hydrogen-bond acceptors (Lipinski definition) is 9. The molecule has 11 nitrogen and oxygen atoms in total. The molecule has 4 aromatic heterocycles. The fourth-order valence-corrected chi connectivity index (χ4v) is 4.39. The third kappa shape index (κ3) is 4.13. The summed E-state index contributed by atoms with van der Waals surface area (Å²) in [5.41, 5.74) is 2.44. The third-order valence-corrected chi connectivity index (χ3v) is 6.47. The Balaban J connectivity index is 1.38. The molecule has 6 rings (SSSR count). The van der Waals surface area contributed by atoms with E-state index < -0.39 is 0 Å². The van der Waals surface area contributed by atoms with Crippen LogP contribution in [0.5, 0.6) is 0 Å². The molecule has 180 valence electrons. The molecule has 0 spiro atoms. The normalized spacial score (nSPS) is 18.2. The van der Waals surface area contributed by atoms with Crippen molar-refractivity contribution in [3.8, 4) is 11.4 Å². The zero-order valence-electron chi connectivity index (χ0n) is 19.3. The third-order valence-electron chi connectivity index (χ3n) is 6.47. The Morgan fingerprint density at radius 1 is 1.23 bits per heavy atom. The highest BCUT2D eigenvalue weighted by Crippen LogP contribution is 2.33. The van der Waals surface area contributed by atoms with Crippen LogP contribution >= 0.6 is 0 Å². The summed E-state index contributed by atoms with van der Waals surface area (Å²) in [4.78, 5) is 28.1. The fraction of sp³-hybridized carbons (Fsp3) is 0.375. The molecule has 1 aliphatic heterocycles. The number of aliphatic hydroxyl groups is 1. The molecule has 0 radical (unpaired) electrons. The van der Waals surface area contributed by atoms with Gasteiger partial charge in [0, 0.05) is 54.8 Å². The smallest absolute Gasteiger partial charge is 0.228 e. The highest BCUT2D eigenvalue weighted by molar-refractivity contribution is 6.03. The topological polar surface area (TPSA) is 130 Å². The van der Waals surface area contributed by atoms with Gasteiger partial charge < -0.3 is 25.4 Å². The van der Waals surface area contributed by atoms with E-state index in [1.807, 2.05) is 31.4 Å². The van der Waals surface area contributed by atoms with Gasteiger partial charge in [0.15, 0.2) is 11.5 Å². The van der Waals surface area contributed by atoms with Crippen LogP contribution in [0, 0.1) is 5.92 Å². The minimum atomic E-state index is -0.197. The summed E-state index contributed by atoms with van der Waals surface area (Å²) in [6, 6.07) is 5.78. The van der Waals surface area contributed by atoms with Crippen molar-refractivity contribution >= 4 is 39.6 Å². The monoisotopic (exact) mass is 474 g/mol. The zero-order valence-corrected chi connectivity index (χ0v) is 19.3. The van der Waals surface area contributed by atoms with Crippen LogP contribution in [0.25, 0.3) is 27.8 Å². The molecule has 1 amide bonds. The first-order valence-corrected chi connectivity index (χ1v) is 11.7. The average molecular weight is 475 g/mol.